The number of rotatable bonds is 3. The molecule has 2 aromatic carbocycles. The fraction of sp³-hybridized carbons (Fsp3) is 0.333. The average molecular weight is 492 g/mol. The van der Waals surface area contributed by atoms with Gasteiger partial charge in [-0.05, 0) is 36.2 Å². The Morgan fingerprint density at radius 3 is 2.03 bits per heavy atom. The second-order valence-corrected chi connectivity index (χ2v) is 7.93. The summed E-state index contributed by atoms with van der Waals surface area (Å²) in [4.78, 5) is 26.6. The number of nitrogens with zero attached hydrogens (tertiary/aromatic N) is 3. The molecule has 0 bridgehead atoms. The lowest BCUT2D eigenvalue weighted by atomic mass is 9.93. The lowest BCUT2D eigenvalue weighted by Gasteiger charge is -2.30. The molecular weight excluding hydrogens is 473 g/mol. The van der Waals surface area contributed by atoms with E-state index in [-0.39, 0.29) is 18.1 Å². The summed E-state index contributed by atoms with van der Waals surface area (Å²) in [7, 11) is 2.60. The fourth-order valence-electron chi connectivity index (χ4n) is 3.51. The molecule has 0 spiro atoms. The molecule has 0 aliphatic heterocycles. The van der Waals surface area contributed by atoms with Gasteiger partial charge in [0.15, 0.2) is 0 Å². The third-order valence-corrected chi connectivity index (χ3v) is 5.36. The van der Waals surface area contributed by atoms with Gasteiger partial charge in [0.25, 0.3) is 0 Å². The van der Waals surface area contributed by atoms with Gasteiger partial charge in [0, 0.05) is 25.3 Å². The topological polar surface area (TPSA) is 73.3 Å². The molecule has 34 heavy (non-hydrogen) atoms. The van der Waals surface area contributed by atoms with Crippen molar-refractivity contribution in [3.63, 3.8) is 0 Å². The summed E-state index contributed by atoms with van der Waals surface area (Å²) in [6.45, 7) is 1.33. The standard InChI is InChI=1S/C21H19F7N4O2/c1-11-8-12(4-6-14(11)29)10-31-16-9-13(19(22,20(23,24)25)21(26,27)28)5-7-15(16)32(18(31)34)17(33)30(2)3/h4-9H,10,29H2,1-3H3. The number of imidazole rings is 1. The second-order valence-electron chi connectivity index (χ2n) is 7.93. The maximum atomic E-state index is 14.7. The Kier molecular flexibility index (Phi) is 5.96. The lowest BCUT2D eigenvalue weighted by molar-refractivity contribution is -0.348. The van der Waals surface area contributed by atoms with E-state index in [0.29, 0.717) is 33.5 Å². The first-order chi connectivity index (χ1) is 15.5. The van der Waals surface area contributed by atoms with Gasteiger partial charge < -0.3 is 10.6 Å². The van der Waals surface area contributed by atoms with Crippen molar-refractivity contribution < 1.29 is 35.5 Å². The van der Waals surface area contributed by atoms with E-state index in [1.165, 1.54) is 26.2 Å². The molecule has 0 aliphatic rings. The predicted molar refractivity (Wildman–Crippen MR) is 110 cm³/mol. The monoisotopic (exact) mass is 492 g/mol. The largest absolute Gasteiger partial charge is 0.435 e. The molecule has 3 aromatic rings. The van der Waals surface area contributed by atoms with E-state index in [0.717, 1.165) is 9.47 Å². The van der Waals surface area contributed by atoms with E-state index in [1.54, 1.807) is 13.0 Å². The molecule has 0 saturated carbocycles. The molecule has 1 amide bonds. The van der Waals surface area contributed by atoms with Crippen LogP contribution in [0.15, 0.2) is 41.2 Å². The van der Waals surface area contributed by atoms with Crippen molar-refractivity contribution in [2.24, 2.45) is 0 Å². The van der Waals surface area contributed by atoms with Crippen LogP contribution in [0.2, 0.25) is 0 Å². The fourth-order valence-corrected chi connectivity index (χ4v) is 3.51. The van der Waals surface area contributed by atoms with Crippen LogP contribution in [0.5, 0.6) is 0 Å². The van der Waals surface area contributed by atoms with Gasteiger partial charge in [-0.25, -0.2) is 18.5 Å². The average Bonchev–Trinajstić information content (AvgIpc) is 2.98. The number of nitrogen functional groups attached to an aromatic ring is 1. The van der Waals surface area contributed by atoms with Crippen LogP contribution in [0.25, 0.3) is 11.0 Å². The number of carbonyl (C=O) groups is 1. The van der Waals surface area contributed by atoms with Crippen LogP contribution < -0.4 is 11.4 Å². The number of aromatic nitrogens is 2. The Balaban J connectivity index is 2.35. The summed E-state index contributed by atoms with van der Waals surface area (Å²) < 4.78 is 95.8. The van der Waals surface area contributed by atoms with Crippen LogP contribution in [-0.2, 0) is 12.2 Å². The first kappa shape index (κ1) is 25.1. The SMILES string of the molecule is Cc1cc(Cn2c(=O)n(C(=O)N(C)C)c3ccc(C(F)(C(F)(F)F)C(F)(F)F)cc32)ccc1N. The number of amides is 1. The van der Waals surface area contributed by atoms with Crippen molar-refractivity contribution in [3.8, 4) is 0 Å². The first-order valence-electron chi connectivity index (χ1n) is 9.65. The van der Waals surface area contributed by atoms with Crippen molar-refractivity contribution in [1.29, 1.82) is 0 Å². The van der Waals surface area contributed by atoms with Crippen molar-refractivity contribution in [2.75, 3.05) is 19.8 Å². The van der Waals surface area contributed by atoms with E-state index in [4.69, 9.17) is 5.73 Å². The number of fused-ring (bicyclic) bond motifs is 1. The summed E-state index contributed by atoms with van der Waals surface area (Å²) in [6, 6.07) is 4.91. The Labute approximate surface area is 188 Å². The highest BCUT2D eigenvalue weighted by molar-refractivity contribution is 5.89. The Morgan fingerprint density at radius 2 is 1.53 bits per heavy atom. The van der Waals surface area contributed by atoms with Crippen LogP contribution in [0, 0.1) is 6.92 Å². The van der Waals surface area contributed by atoms with Crippen molar-refractivity contribution in [1.82, 2.24) is 14.0 Å². The van der Waals surface area contributed by atoms with Gasteiger partial charge >= 0.3 is 29.7 Å². The molecule has 0 aliphatic carbocycles. The van der Waals surface area contributed by atoms with E-state index in [1.807, 2.05) is 0 Å². The predicted octanol–water partition coefficient (Wildman–Crippen LogP) is 4.56. The van der Waals surface area contributed by atoms with Gasteiger partial charge in [0.1, 0.15) is 0 Å². The number of nitrogens with two attached hydrogens (primary N) is 1. The van der Waals surface area contributed by atoms with E-state index < -0.39 is 40.8 Å². The van der Waals surface area contributed by atoms with E-state index in [9.17, 15) is 40.3 Å². The minimum absolute atomic E-state index is 0.264. The highest BCUT2D eigenvalue weighted by Gasteiger charge is 2.73. The molecule has 0 radical (unpaired) electrons. The van der Waals surface area contributed by atoms with Gasteiger partial charge in [-0.1, -0.05) is 18.2 Å². The number of anilines is 1. The maximum absolute atomic E-state index is 14.7. The summed E-state index contributed by atoms with van der Waals surface area (Å²) in [5, 5.41) is 0. The van der Waals surface area contributed by atoms with Crippen LogP contribution in [0.4, 0.5) is 41.2 Å². The number of aryl methyl sites for hydroxylation is 1. The number of hydrogen-bond donors (Lipinski definition) is 1. The maximum Gasteiger partial charge on any atom is 0.435 e. The molecule has 0 fully saturated rings. The normalized spacial score (nSPS) is 12.9. The summed E-state index contributed by atoms with van der Waals surface area (Å²) in [6.07, 6.45) is -12.7. The Morgan fingerprint density at radius 1 is 0.941 bits per heavy atom. The van der Waals surface area contributed by atoms with E-state index in [2.05, 4.69) is 0 Å². The van der Waals surface area contributed by atoms with E-state index >= 15 is 0 Å². The number of halogens is 7. The highest BCUT2D eigenvalue weighted by Crippen LogP contribution is 2.53. The lowest BCUT2D eigenvalue weighted by Crippen LogP contribution is -2.50. The molecule has 0 atom stereocenters. The first-order valence-corrected chi connectivity index (χ1v) is 9.65. The van der Waals surface area contributed by atoms with Crippen molar-refractivity contribution >= 4 is 22.8 Å². The molecule has 0 unspecified atom stereocenters. The summed E-state index contributed by atoms with van der Waals surface area (Å²) >= 11 is 0. The molecule has 6 nitrogen and oxygen atoms in total. The van der Waals surface area contributed by atoms with Gasteiger partial charge in [-0.2, -0.15) is 26.3 Å². The molecule has 1 heterocycles. The second kappa shape index (κ2) is 8.06. The van der Waals surface area contributed by atoms with Crippen molar-refractivity contribution in [3.05, 3.63) is 63.6 Å². The number of carbonyl (C=O) groups excluding carboxylic acids is 1. The minimum atomic E-state index is -6.33. The summed E-state index contributed by atoms with van der Waals surface area (Å²) in [5.41, 5.74) is -2.05. The number of alkyl halides is 7. The smallest absolute Gasteiger partial charge is 0.399 e. The third kappa shape index (κ3) is 3.88. The van der Waals surface area contributed by atoms with Gasteiger partial charge in [-0.3, -0.25) is 4.57 Å². The van der Waals surface area contributed by atoms with Crippen LogP contribution in [-0.4, -0.2) is 46.5 Å². The molecule has 13 heteroatoms. The number of benzene rings is 2. The Hall–Kier alpha value is -3.51. The molecule has 0 saturated heterocycles. The molecular formula is C21H19F7N4O2. The molecule has 3 rings (SSSR count). The Bertz CT molecular complexity index is 1310. The van der Waals surface area contributed by atoms with Crippen LogP contribution >= 0.6 is 0 Å². The molecule has 184 valence electrons. The third-order valence-electron chi connectivity index (χ3n) is 5.36. The highest BCUT2D eigenvalue weighted by atomic mass is 19.4. The molecule has 2 N–H and O–H groups in total. The zero-order valence-electron chi connectivity index (χ0n) is 18.1. The zero-order chi connectivity index (χ0) is 25.8. The quantitative estimate of drug-likeness (QED) is 0.431. The molecule has 1 aromatic heterocycles. The van der Waals surface area contributed by atoms with Crippen LogP contribution in [0.1, 0.15) is 16.7 Å². The summed E-state index contributed by atoms with van der Waals surface area (Å²) in [5.74, 6) is 0. The van der Waals surface area contributed by atoms with Gasteiger partial charge in [0.05, 0.1) is 17.6 Å². The van der Waals surface area contributed by atoms with Gasteiger partial charge in [0.2, 0.25) is 0 Å². The van der Waals surface area contributed by atoms with Crippen LogP contribution in [0.3, 0.4) is 0 Å². The van der Waals surface area contributed by atoms with Crippen molar-refractivity contribution in [2.45, 2.75) is 31.5 Å². The number of hydrogen-bond acceptors (Lipinski definition) is 3. The zero-order valence-corrected chi connectivity index (χ0v) is 18.1. The minimum Gasteiger partial charge on any atom is -0.399 e. The van der Waals surface area contributed by atoms with Gasteiger partial charge in [-0.15, -0.1) is 0 Å².